The predicted octanol–water partition coefficient (Wildman–Crippen LogP) is 3.51. The Morgan fingerprint density at radius 3 is 2.43 bits per heavy atom. The number of allylic oxidation sites excluding steroid dienone is 2. The molecule has 0 aliphatic carbocycles. The van der Waals surface area contributed by atoms with E-state index in [2.05, 4.69) is 0 Å². The molecule has 0 aliphatic rings. The van der Waals surface area contributed by atoms with Crippen molar-refractivity contribution in [1.82, 2.24) is 0 Å². The first-order valence-electron chi connectivity index (χ1n) is 4.40. The van der Waals surface area contributed by atoms with Crippen LogP contribution in [0.15, 0.2) is 23.8 Å². The molecule has 0 N–H and O–H groups in total. The lowest BCUT2D eigenvalue weighted by Gasteiger charge is -2.04. The Morgan fingerprint density at radius 2 is 1.93 bits per heavy atom. The molecule has 0 fully saturated rings. The third-order valence-electron chi connectivity index (χ3n) is 2.27. The summed E-state index contributed by atoms with van der Waals surface area (Å²) in [4.78, 5) is 0. The van der Waals surface area contributed by atoms with Crippen molar-refractivity contribution in [2.24, 2.45) is 0 Å². The van der Waals surface area contributed by atoms with Crippen LogP contribution in [0.1, 0.15) is 31.9 Å². The quantitative estimate of drug-likeness (QED) is 0.663. The van der Waals surface area contributed by atoms with Gasteiger partial charge >= 0.3 is 0 Å². The lowest BCUT2D eigenvalue weighted by atomic mass is 10.0. The first-order valence-corrected chi connectivity index (χ1v) is 4.40. The monoisotopic (exact) mass is 189 g/mol. The van der Waals surface area contributed by atoms with E-state index in [9.17, 15) is 4.39 Å². The number of hydrogen-bond acceptors (Lipinski definition) is 1. The van der Waals surface area contributed by atoms with Crippen LogP contribution in [-0.2, 0) is 0 Å². The van der Waals surface area contributed by atoms with Gasteiger partial charge in [0.25, 0.3) is 0 Å². The van der Waals surface area contributed by atoms with E-state index in [1.54, 1.807) is 12.1 Å². The minimum Gasteiger partial charge on any atom is -0.206 e. The summed E-state index contributed by atoms with van der Waals surface area (Å²) in [5, 5.41) is 8.66. The highest BCUT2D eigenvalue weighted by atomic mass is 19.1. The molecule has 0 spiro atoms. The molecule has 1 aromatic rings. The Balaban J connectivity index is 3.29. The summed E-state index contributed by atoms with van der Waals surface area (Å²) in [5.41, 5.74) is 3.26. The van der Waals surface area contributed by atoms with Crippen LogP contribution in [0.2, 0.25) is 0 Å². The largest absolute Gasteiger partial charge is 0.206 e. The number of nitrogens with zero attached hydrogens (tertiary/aromatic N) is 1. The molecule has 72 valence electrons. The molecule has 0 amide bonds. The average Bonchev–Trinajstić information content (AvgIpc) is 2.17. The van der Waals surface area contributed by atoms with Gasteiger partial charge in [0.1, 0.15) is 11.9 Å². The second-order valence-electron chi connectivity index (χ2n) is 3.43. The van der Waals surface area contributed by atoms with Gasteiger partial charge in [0.2, 0.25) is 0 Å². The highest BCUT2D eigenvalue weighted by Crippen LogP contribution is 2.20. The summed E-state index contributed by atoms with van der Waals surface area (Å²) in [5.74, 6) is -0.460. The van der Waals surface area contributed by atoms with Gasteiger partial charge in [0.05, 0.1) is 5.56 Å². The van der Waals surface area contributed by atoms with E-state index in [1.807, 2.05) is 26.8 Å². The minimum absolute atomic E-state index is 0.100. The number of hydrogen-bond donors (Lipinski definition) is 0. The summed E-state index contributed by atoms with van der Waals surface area (Å²) >= 11 is 0. The third kappa shape index (κ3) is 2.00. The molecule has 14 heavy (non-hydrogen) atoms. The maximum absolute atomic E-state index is 13.0. The topological polar surface area (TPSA) is 23.8 Å². The van der Waals surface area contributed by atoms with Crippen LogP contribution in [0.5, 0.6) is 0 Å². The Labute approximate surface area is 83.5 Å². The smallest absolute Gasteiger partial charge is 0.140 e. The van der Waals surface area contributed by atoms with Crippen LogP contribution in [-0.4, -0.2) is 0 Å². The lowest BCUT2D eigenvalue weighted by Crippen LogP contribution is -1.88. The van der Waals surface area contributed by atoms with Gasteiger partial charge in [-0.1, -0.05) is 11.6 Å². The van der Waals surface area contributed by atoms with E-state index >= 15 is 0 Å². The molecule has 1 nitrogen and oxygen atoms in total. The molecule has 2 heteroatoms. The number of halogens is 1. The van der Waals surface area contributed by atoms with Crippen molar-refractivity contribution in [3.05, 3.63) is 40.7 Å². The summed E-state index contributed by atoms with van der Waals surface area (Å²) < 4.78 is 13.0. The van der Waals surface area contributed by atoms with Crippen molar-refractivity contribution >= 4 is 5.57 Å². The Bertz CT molecular complexity index is 420. The van der Waals surface area contributed by atoms with Crippen LogP contribution in [0.4, 0.5) is 4.39 Å². The second kappa shape index (κ2) is 4.06. The van der Waals surface area contributed by atoms with Gasteiger partial charge in [-0.3, -0.25) is 0 Å². The second-order valence-corrected chi connectivity index (χ2v) is 3.43. The van der Waals surface area contributed by atoms with Gasteiger partial charge in [-0.15, -0.1) is 0 Å². The molecule has 0 aromatic heterocycles. The van der Waals surface area contributed by atoms with Gasteiger partial charge in [-0.05, 0) is 44.0 Å². The number of benzene rings is 1. The molecular formula is C12H12FN. The molecule has 1 aromatic carbocycles. The zero-order valence-electron chi connectivity index (χ0n) is 8.56. The minimum atomic E-state index is -0.460. The summed E-state index contributed by atoms with van der Waals surface area (Å²) in [6.45, 7) is 5.94. The molecule has 1 rings (SSSR count). The zero-order chi connectivity index (χ0) is 10.7. The normalized spacial score (nSPS) is 9.36. The Morgan fingerprint density at radius 1 is 1.29 bits per heavy atom. The van der Waals surface area contributed by atoms with Crippen molar-refractivity contribution in [2.45, 2.75) is 20.8 Å². The van der Waals surface area contributed by atoms with Crippen LogP contribution >= 0.6 is 0 Å². The Hall–Kier alpha value is -1.62. The van der Waals surface area contributed by atoms with Crippen molar-refractivity contribution in [1.29, 1.82) is 5.26 Å². The predicted molar refractivity (Wildman–Crippen MR) is 55.1 cm³/mol. The van der Waals surface area contributed by atoms with Crippen LogP contribution in [0, 0.1) is 17.1 Å². The van der Waals surface area contributed by atoms with E-state index in [0.29, 0.717) is 0 Å². The van der Waals surface area contributed by atoms with Crippen molar-refractivity contribution in [3.8, 4) is 6.07 Å². The maximum Gasteiger partial charge on any atom is 0.140 e. The SMILES string of the molecule is CC(C)=C(C)c1ccc(F)c(C#N)c1. The van der Waals surface area contributed by atoms with Crippen LogP contribution < -0.4 is 0 Å². The summed E-state index contributed by atoms with van der Waals surface area (Å²) in [7, 11) is 0. The molecule has 0 saturated carbocycles. The molecular weight excluding hydrogens is 177 g/mol. The van der Waals surface area contributed by atoms with Crippen LogP contribution in [0.3, 0.4) is 0 Å². The maximum atomic E-state index is 13.0. The molecule has 0 atom stereocenters. The van der Waals surface area contributed by atoms with Crippen LogP contribution in [0.25, 0.3) is 5.57 Å². The van der Waals surface area contributed by atoms with E-state index in [4.69, 9.17) is 5.26 Å². The highest BCUT2D eigenvalue weighted by Gasteiger charge is 2.04. The highest BCUT2D eigenvalue weighted by molar-refractivity contribution is 5.67. The van der Waals surface area contributed by atoms with Crippen molar-refractivity contribution in [2.75, 3.05) is 0 Å². The first-order chi connectivity index (χ1) is 6.56. The third-order valence-corrected chi connectivity index (χ3v) is 2.27. The fourth-order valence-corrected chi connectivity index (χ4v) is 1.13. The number of nitriles is 1. The van der Waals surface area contributed by atoms with E-state index in [1.165, 1.54) is 11.6 Å². The van der Waals surface area contributed by atoms with E-state index < -0.39 is 5.82 Å². The molecule has 0 saturated heterocycles. The van der Waals surface area contributed by atoms with Gasteiger partial charge < -0.3 is 0 Å². The summed E-state index contributed by atoms with van der Waals surface area (Å²) in [6, 6.07) is 6.44. The first kappa shape index (κ1) is 10.5. The van der Waals surface area contributed by atoms with Crippen molar-refractivity contribution < 1.29 is 4.39 Å². The van der Waals surface area contributed by atoms with Crippen molar-refractivity contribution in [3.63, 3.8) is 0 Å². The molecule has 0 unspecified atom stereocenters. The molecule has 0 radical (unpaired) electrons. The molecule has 0 heterocycles. The zero-order valence-corrected chi connectivity index (χ0v) is 8.56. The average molecular weight is 189 g/mol. The fourth-order valence-electron chi connectivity index (χ4n) is 1.13. The van der Waals surface area contributed by atoms with Gasteiger partial charge in [0, 0.05) is 0 Å². The Kier molecular flexibility index (Phi) is 3.03. The molecule has 0 aliphatic heterocycles. The fraction of sp³-hybridized carbons (Fsp3) is 0.250. The van der Waals surface area contributed by atoms with Gasteiger partial charge in [0.15, 0.2) is 0 Å². The summed E-state index contributed by atoms with van der Waals surface area (Å²) in [6.07, 6.45) is 0. The van der Waals surface area contributed by atoms with Gasteiger partial charge in [-0.2, -0.15) is 5.26 Å². The van der Waals surface area contributed by atoms with Gasteiger partial charge in [-0.25, -0.2) is 4.39 Å². The van der Waals surface area contributed by atoms with E-state index in [-0.39, 0.29) is 5.56 Å². The number of rotatable bonds is 1. The molecule has 0 bridgehead atoms. The lowest BCUT2D eigenvalue weighted by molar-refractivity contribution is 0.624. The van der Waals surface area contributed by atoms with E-state index in [0.717, 1.165) is 11.1 Å². The standard InChI is InChI=1S/C12H12FN/c1-8(2)9(3)10-4-5-12(13)11(6-10)7-14/h4-6H,1-3H3.